The Bertz CT molecular complexity index is 1160. The molecule has 0 aliphatic carbocycles. The van der Waals surface area contributed by atoms with Crippen molar-refractivity contribution >= 4 is 23.4 Å². The molecule has 0 saturated carbocycles. The van der Waals surface area contributed by atoms with Crippen molar-refractivity contribution in [2.24, 2.45) is 0 Å². The lowest BCUT2D eigenvalue weighted by Gasteiger charge is -2.39. The van der Waals surface area contributed by atoms with Gasteiger partial charge in [-0.2, -0.15) is 0 Å². The lowest BCUT2D eigenvalue weighted by Crippen LogP contribution is -2.59. The molecule has 2 heterocycles. The summed E-state index contributed by atoms with van der Waals surface area (Å²) in [5.74, 6) is -0.596. The van der Waals surface area contributed by atoms with Gasteiger partial charge >= 0.3 is 0 Å². The third kappa shape index (κ3) is 3.46. The molecule has 154 valence electrons. The zero-order chi connectivity index (χ0) is 21.4. The quantitative estimate of drug-likeness (QED) is 0.704. The monoisotopic (exact) mass is 411 g/mol. The van der Waals surface area contributed by atoms with E-state index in [2.05, 4.69) is 5.32 Å². The highest BCUT2D eigenvalue weighted by molar-refractivity contribution is 6.11. The topological polar surface area (TPSA) is 69.7 Å². The minimum absolute atomic E-state index is 0.131. The largest absolute Gasteiger partial charge is 0.334 e. The second kappa shape index (κ2) is 7.72. The third-order valence-corrected chi connectivity index (χ3v) is 5.87. The van der Waals surface area contributed by atoms with Gasteiger partial charge in [0.1, 0.15) is 6.04 Å². The van der Waals surface area contributed by atoms with Crippen molar-refractivity contribution in [3.05, 3.63) is 90.0 Å². The van der Waals surface area contributed by atoms with Gasteiger partial charge in [0, 0.05) is 18.7 Å². The molecule has 1 saturated heterocycles. The van der Waals surface area contributed by atoms with E-state index in [1.807, 2.05) is 60.7 Å². The maximum absolute atomic E-state index is 13.4. The number of carbonyl (C=O) groups is 3. The van der Waals surface area contributed by atoms with E-state index in [0.717, 1.165) is 11.1 Å². The van der Waals surface area contributed by atoms with Crippen molar-refractivity contribution in [2.75, 3.05) is 25.0 Å². The van der Waals surface area contributed by atoms with Crippen molar-refractivity contribution in [1.82, 2.24) is 9.80 Å². The molecule has 1 atom stereocenters. The molecule has 0 aromatic heterocycles. The van der Waals surface area contributed by atoms with E-state index < -0.39 is 6.04 Å². The molecule has 6 nitrogen and oxygen atoms in total. The van der Waals surface area contributed by atoms with Crippen LogP contribution < -0.4 is 5.32 Å². The van der Waals surface area contributed by atoms with Crippen LogP contribution in [0.25, 0.3) is 11.1 Å². The minimum atomic E-state index is -0.721. The zero-order valence-electron chi connectivity index (χ0n) is 16.8. The van der Waals surface area contributed by atoms with E-state index in [0.29, 0.717) is 29.9 Å². The van der Waals surface area contributed by atoms with Crippen LogP contribution in [0.3, 0.4) is 0 Å². The van der Waals surface area contributed by atoms with E-state index in [-0.39, 0.29) is 24.3 Å². The van der Waals surface area contributed by atoms with E-state index in [4.69, 9.17) is 0 Å². The molecule has 2 aliphatic rings. The number of anilines is 1. The Morgan fingerprint density at radius 3 is 2.29 bits per heavy atom. The summed E-state index contributed by atoms with van der Waals surface area (Å²) in [4.78, 5) is 42.4. The third-order valence-electron chi connectivity index (χ3n) is 5.87. The number of nitrogens with zero attached hydrogens (tertiary/aromatic N) is 2. The molecule has 0 unspecified atom stereocenters. The van der Waals surface area contributed by atoms with Crippen molar-refractivity contribution in [2.45, 2.75) is 6.04 Å². The van der Waals surface area contributed by atoms with Crippen molar-refractivity contribution < 1.29 is 14.4 Å². The highest BCUT2D eigenvalue weighted by Crippen LogP contribution is 2.30. The van der Waals surface area contributed by atoms with Crippen molar-refractivity contribution in [1.29, 1.82) is 0 Å². The van der Waals surface area contributed by atoms with E-state index in [9.17, 15) is 14.4 Å². The summed E-state index contributed by atoms with van der Waals surface area (Å²) in [6.45, 7) is 0.867. The summed E-state index contributed by atoms with van der Waals surface area (Å²) in [6.07, 6.45) is 0. The highest BCUT2D eigenvalue weighted by Gasteiger charge is 2.40. The smallest absolute Gasteiger partial charge is 0.256 e. The molecular weight excluding hydrogens is 390 g/mol. The normalized spacial score (nSPS) is 18.0. The molecule has 1 N–H and O–H groups in total. The van der Waals surface area contributed by atoms with Crippen LogP contribution in [-0.2, 0) is 4.79 Å². The van der Waals surface area contributed by atoms with E-state index in [1.165, 1.54) is 0 Å². The number of hydrogen-bond donors (Lipinski definition) is 1. The van der Waals surface area contributed by atoms with Gasteiger partial charge in [0.2, 0.25) is 5.91 Å². The van der Waals surface area contributed by atoms with Gasteiger partial charge in [-0.25, -0.2) is 0 Å². The average Bonchev–Trinajstić information content (AvgIpc) is 2.93. The second-order valence-corrected chi connectivity index (χ2v) is 7.75. The summed E-state index contributed by atoms with van der Waals surface area (Å²) in [6, 6.07) is 23.6. The molecule has 5 rings (SSSR count). The maximum atomic E-state index is 13.4. The summed E-state index contributed by atoms with van der Waals surface area (Å²) in [5, 5.41) is 2.89. The Balaban J connectivity index is 1.43. The first-order chi connectivity index (χ1) is 15.1. The summed E-state index contributed by atoms with van der Waals surface area (Å²) in [5.41, 5.74) is 3.47. The second-order valence-electron chi connectivity index (χ2n) is 7.75. The average molecular weight is 411 g/mol. The molecule has 31 heavy (non-hydrogen) atoms. The SMILES string of the molecule is O=C1Nc2ccc(-c3ccccc3)cc2C(=O)N2CCN(C(=O)c3ccccc3)C[C@H]12. The molecule has 0 bridgehead atoms. The Morgan fingerprint density at radius 1 is 0.839 bits per heavy atom. The van der Waals surface area contributed by atoms with Crippen LogP contribution in [0.1, 0.15) is 20.7 Å². The van der Waals surface area contributed by atoms with Crippen LogP contribution >= 0.6 is 0 Å². The summed E-state index contributed by atoms with van der Waals surface area (Å²) < 4.78 is 0. The number of piperazine rings is 1. The van der Waals surface area contributed by atoms with Gasteiger partial charge in [-0.05, 0) is 35.4 Å². The Kier molecular flexibility index (Phi) is 4.75. The van der Waals surface area contributed by atoms with Crippen LogP contribution in [0.15, 0.2) is 78.9 Å². The first kappa shape index (κ1) is 19.1. The summed E-state index contributed by atoms with van der Waals surface area (Å²) >= 11 is 0. The van der Waals surface area contributed by atoms with Crippen LogP contribution in [-0.4, -0.2) is 53.2 Å². The Labute approximate surface area is 180 Å². The number of nitrogens with one attached hydrogen (secondary N) is 1. The van der Waals surface area contributed by atoms with Gasteiger partial charge < -0.3 is 15.1 Å². The lowest BCUT2D eigenvalue weighted by molar-refractivity contribution is -0.121. The fourth-order valence-electron chi connectivity index (χ4n) is 4.21. The molecule has 2 aliphatic heterocycles. The molecule has 3 aromatic rings. The fraction of sp³-hybridized carbons (Fsp3) is 0.160. The van der Waals surface area contributed by atoms with E-state index in [1.54, 1.807) is 28.0 Å². The number of carbonyl (C=O) groups excluding carboxylic acids is 3. The standard InChI is InChI=1S/C25H21N3O3/c29-23-22-16-27(24(30)18-9-5-2-6-10-18)13-14-28(22)25(31)20-15-19(11-12-21(20)26-23)17-7-3-1-4-8-17/h1-12,15,22H,13-14,16H2,(H,26,29)/t22-/m1/s1. The number of amides is 3. The number of hydrogen-bond acceptors (Lipinski definition) is 3. The zero-order valence-corrected chi connectivity index (χ0v) is 16.8. The Hall–Kier alpha value is -3.93. The van der Waals surface area contributed by atoms with Gasteiger partial charge in [0.05, 0.1) is 17.8 Å². The predicted molar refractivity (Wildman–Crippen MR) is 118 cm³/mol. The summed E-state index contributed by atoms with van der Waals surface area (Å²) in [7, 11) is 0. The molecule has 1 fully saturated rings. The molecule has 3 aromatic carbocycles. The number of rotatable bonds is 2. The van der Waals surface area contributed by atoms with Crippen LogP contribution in [0.2, 0.25) is 0 Å². The van der Waals surface area contributed by atoms with Crippen molar-refractivity contribution in [3.63, 3.8) is 0 Å². The molecule has 6 heteroatoms. The fourth-order valence-corrected chi connectivity index (χ4v) is 4.21. The minimum Gasteiger partial charge on any atom is -0.334 e. The van der Waals surface area contributed by atoms with Gasteiger partial charge in [-0.3, -0.25) is 14.4 Å². The Morgan fingerprint density at radius 2 is 1.55 bits per heavy atom. The van der Waals surface area contributed by atoms with Gasteiger partial charge in [-0.15, -0.1) is 0 Å². The first-order valence-electron chi connectivity index (χ1n) is 10.3. The molecular formula is C25H21N3O3. The molecule has 0 spiro atoms. The van der Waals surface area contributed by atoms with Crippen LogP contribution in [0, 0.1) is 0 Å². The highest BCUT2D eigenvalue weighted by atomic mass is 16.2. The van der Waals surface area contributed by atoms with Gasteiger partial charge in [-0.1, -0.05) is 54.6 Å². The van der Waals surface area contributed by atoms with Crippen LogP contribution in [0.4, 0.5) is 5.69 Å². The lowest BCUT2D eigenvalue weighted by atomic mass is 10.0. The molecule has 3 amide bonds. The van der Waals surface area contributed by atoms with Gasteiger partial charge in [0.25, 0.3) is 11.8 Å². The van der Waals surface area contributed by atoms with Crippen molar-refractivity contribution in [3.8, 4) is 11.1 Å². The van der Waals surface area contributed by atoms with E-state index >= 15 is 0 Å². The maximum Gasteiger partial charge on any atom is 0.256 e. The first-order valence-corrected chi connectivity index (χ1v) is 10.3. The molecule has 0 radical (unpaired) electrons. The number of benzene rings is 3. The predicted octanol–water partition coefficient (Wildman–Crippen LogP) is 3.27. The van der Waals surface area contributed by atoms with Crippen LogP contribution in [0.5, 0.6) is 0 Å². The van der Waals surface area contributed by atoms with Gasteiger partial charge in [0.15, 0.2) is 0 Å². The number of fused-ring (bicyclic) bond motifs is 2.